The van der Waals surface area contributed by atoms with E-state index >= 15 is 0 Å². The lowest BCUT2D eigenvalue weighted by atomic mass is 9.86. The van der Waals surface area contributed by atoms with E-state index in [9.17, 15) is 14.7 Å². The molecule has 4 heterocycles. The molecule has 2 aliphatic rings. The van der Waals surface area contributed by atoms with E-state index < -0.39 is 6.10 Å². The molecule has 1 saturated heterocycles. The van der Waals surface area contributed by atoms with Crippen molar-refractivity contribution >= 4 is 11.6 Å². The van der Waals surface area contributed by atoms with E-state index in [1.54, 1.807) is 11.8 Å². The fraction of sp³-hybridized carbons (Fsp3) is 0.350. The number of hydrogen-bond acceptors (Lipinski definition) is 6. The van der Waals surface area contributed by atoms with Crippen molar-refractivity contribution in [2.45, 2.75) is 25.4 Å². The van der Waals surface area contributed by atoms with E-state index in [1.165, 1.54) is 16.8 Å². The van der Waals surface area contributed by atoms with Crippen LogP contribution in [-0.4, -0.2) is 56.5 Å². The number of aliphatic hydroxyl groups is 1. The number of likely N-dealkylation sites (tertiary alicyclic amines) is 1. The first-order valence-electron chi connectivity index (χ1n) is 9.45. The maximum absolute atomic E-state index is 13.0. The summed E-state index contributed by atoms with van der Waals surface area (Å²) in [6.45, 7) is 2.69. The average molecular weight is 396 g/mol. The molecule has 1 aromatic carbocycles. The lowest BCUT2D eigenvalue weighted by Crippen LogP contribution is -2.46. The highest BCUT2D eigenvalue weighted by atomic mass is 16.7. The molecule has 9 nitrogen and oxygen atoms in total. The number of nitrogens with zero attached hydrogens (tertiary/aromatic N) is 3. The number of fused-ring (bicyclic) bond motifs is 2. The molecule has 1 amide bonds. The maximum Gasteiger partial charge on any atom is 0.266 e. The first kappa shape index (κ1) is 17.7. The molecule has 5 rings (SSSR count). The molecule has 0 radical (unpaired) electrons. The highest BCUT2D eigenvalue weighted by Crippen LogP contribution is 2.37. The summed E-state index contributed by atoms with van der Waals surface area (Å²) in [6, 6.07) is 7.06. The third kappa shape index (κ3) is 2.94. The van der Waals surface area contributed by atoms with Gasteiger partial charge in [0.2, 0.25) is 6.79 Å². The number of piperidine rings is 1. The van der Waals surface area contributed by atoms with Crippen molar-refractivity contribution in [2.24, 2.45) is 0 Å². The quantitative estimate of drug-likeness (QED) is 0.670. The number of β-amino-alcohol motifs (C(OH)–C–C–N with tert-alkyl or cyclic N) is 1. The van der Waals surface area contributed by atoms with E-state index in [0.717, 1.165) is 5.56 Å². The number of aromatic amines is 1. The zero-order chi connectivity index (χ0) is 20.1. The molecule has 0 bridgehead atoms. The Morgan fingerprint density at radius 3 is 2.93 bits per heavy atom. The highest BCUT2D eigenvalue weighted by molar-refractivity contribution is 5.95. The second-order valence-electron chi connectivity index (χ2n) is 7.40. The van der Waals surface area contributed by atoms with Crippen LogP contribution < -0.4 is 15.0 Å². The minimum absolute atomic E-state index is 0.0870. The van der Waals surface area contributed by atoms with E-state index in [2.05, 4.69) is 10.1 Å². The number of aromatic nitrogens is 3. The normalized spacial score (nSPS) is 21.0. The van der Waals surface area contributed by atoms with E-state index in [1.807, 2.05) is 18.2 Å². The minimum atomic E-state index is -0.698. The van der Waals surface area contributed by atoms with Gasteiger partial charge < -0.3 is 19.5 Å². The van der Waals surface area contributed by atoms with Crippen molar-refractivity contribution in [3.8, 4) is 11.5 Å². The predicted molar refractivity (Wildman–Crippen MR) is 102 cm³/mol. The third-order valence-electron chi connectivity index (χ3n) is 5.69. The molecule has 1 fully saturated rings. The Morgan fingerprint density at radius 2 is 2.10 bits per heavy atom. The van der Waals surface area contributed by atoms with E-state index in [-0.39, 0.29) is 30.7 Å². The molecular formula is C20H20N4O5. The molecular weight excluding hydrogens is 376 g/mol. The Kier molecular flexibility index (Phi) is 4.06. The fourth-order valence-corrected chi connectivity index (χ4v) is 4.11. The van der Waals surface area contributed by atoms with Crippen LogP contribution in [0.3, 0.4) is 0 Å². The molecule has 0 spiro atoms. The van der Waals surface area contributed by atoms with Crippen molar-refractivity contribution in [3.63, 3.8) is 0 Å². The summed E-state index contributed by atoms with van der Waals surface area (Å²) in [5, 5.41) is 13.4. The van der Waals surface area contributed by atoms with Gasteiger partial charge in [-0.15, -0.1) is 0 Å². The van der Waals surface area contributed by atoms with Crippen LogP contribution in [0.15, 0.2) is 35.3 Å². The average Bonchev–Trinajstić information content (AvgIpc) is 3.33. The van der Waals surface area contributed by atoms with Gasteiger partial charge in [0.25, 0.3) is 11.5 Å². The number of amides is 1. The van der Waals surface area contributed by atoms with Crippen LogP contribution in [0.2, 0.25) is 0 Å². The van der Waals surface area contributed by atoms with Crippen LogP contribution in [0.5, 0.6) is 11.5 Å². The largest absolute Gasteiger partial charge is 0.454 e. The Bertz CT molecular complexity index is 1170. The molecule has 29 heavy (non-hydrogen) atoms. The SMILES string of the molecule is Cc1c(C(=O)N2CC[C@@H](c3ccc4c(c3)OCO4)[C@H](O)C2)cnc2cc(=O)[nH]n12. The topological polar surface area (TPSA) is 109 Å². The molecule has 2 N–H and O–H groups in total. The molecule has 0 aliphatic carbocycles. The smallest absolute Gasteiger partial charge is 0.266 e. The summed E-state index contributed by atoms with van der Waals surface area (Å²) >= 11 is 0. The molecule has 3 aromatic rings. The number of carbonyl (C=O) groups excluding carboxylic acids is 1. The third-order valence-corrected chi connectivity index (χ3v) is 5.69. The van der Waals surface area contributed by atoms with Crippen molar-refractivity contribution in [1.82, 2.24) is 19.5 Å². The molecule has 150 valence electrons. The van der Waals surface area contributed by atoms with Crippen LogP contribution in [0, 0.1) is 6.92 Å². The first-order chi connectivity index (χ1) is 14.0. The van der Waals surface area contributed by atoms with Gasteiger partial charge in [0, 0.05) is 31.3 Å². The van der Waals surface area contributed by atoms with E-state index in [0.29, 0.717) is 41.4 Å². The number of aryl methyl sites for hydroxylation is 1. The summed E-state index contributed by atoms with van der Waals surface area (Å²) in [5.41, 5.74) is 2.17. The summed E-state index contributed by atoms with van der Waals surface area (Å²) < 4.78 is 12.3. The zero-order valence-electron chi connectivity index (χ0n) is 15.8. The number of carbonyl (C=O) groups is 1. The fourth-order valence-electron chi connectivity index (χ4n) is 4.11. The van der Waals surface area contributed by atoms with Crippen LogP contribution >= 0.6 is 0 Å². The molecule has 2 aromatic heterocycles. The number of rotatable bonds is 2. The number of aliphatic hydroxyl groups excluding tert-OH is 1. The number of H-pyrrole nitrogens is 1. The summed E-state index contributed by atoms with van der Waals surface area (Å²) in [6.07, 6.45) is 1.41. The van der Waals surface area contributed by atoms with Crippen molar-refractivity contribution in [1.29, 1.82) is 0 Å². The lowest BCUT2D eigenvalue weighted by molar-refractivity contribution is 0.0380. The Morgan fingerprint density at radius 1 is 1.28 bits per heavy atom. The molecule has 2 aliphatic heterocycles. The van der Waals surface area contributed by atoms with Gasteiger partial charge in [-0.2, -0.15) is 0 Å². The van der Waals surface area contributed by atoms with Gasteiger partial charge in [0.05, 0.1) is 17.4 Å². The Labute approximate surface area is 165 Å². The van der Waals surface area contributed by atoms with Crippen LogP contribution in [0.25, 0.3) is 5.65 Å². The van der Waals surface area contributed by atoms with Gasteiger partial charge in [0.1, 0.15) is 0 Å². The van der Waals surface area contributed by atoms with E-state index in [4.69, 9.17) is 9.47 Å². The maximum atomic E-state index is 13.0. The summed E-state index contributed by atoms with van der Waals surface area (Å²) in [5.74, 6) is 1.09. The van der Waals surface area contributed by atoms with Gasteiger partial charge >= 0.3 is 0 Å². The molecule has 9 heteroatoms. The second kappa shape index (κ2) is 6.63. The second-order valence-corrected chi connectivity index (χ2v) is 7.40. The molecule has 0 unspecified atom stereocenters. The zero-order valence-corrected chi connectivity index (χ0v) is 15.8. The number of nitrogens with one attached hydrogen (secondary N) is 1. The predicted octanol–water partition coefficient (Wildman–Crippen LogP) is 1.05. The summed E-state index contributed by atoms with van der Waals surface area (Å²) in [7, 11) is 0. The number of hydrogen-bond donors (Lipinski definition) is 2. The van der Waals surface area contributed by atoms with Crippen LogP contribution in [0.4, 0.5) is 0 Å². The molecule has 0 saturated carbocycles. The van der Waals surface area contributed by atoms with Crippen LogP contribution in [0.1, 0.15) is 34.0 Å². The van der Waals surface area contributed by atoms with Crippen LogP contribution in [-0.2, 0) is 0 Å². The van der Waals surface area contributed by atoms with Gasteiger partial charge in [-0.25, -0.2) is 9.50 Å². The van der Waals surface area contributed by atoms with Crippen molar-refractivity contribution < 1.29 is 19.4 Å². The monoisotopic (exact) mass is 396 g/mol. The van der Waals surface area contributed by atoms with Crippen molar-refractivity contribution in [3.05, 3.63) is 57.6 Å². The number of ether oxygens (including phenoxy) is 2. The van der Waals surface area contributed by atoms with Gasteiger partial charge in [-0.05, 0) is 31.0 Å². The number of benzene rings is 1. The van der Waals surface area contributed by atoms with Crippen molar-refractivity contribution in [2.75, 3.05) is 19.9 Å². The summed E-state index contributed by atoms with van der Waals surface area (Å²) in [4.78, 5) is 30.4. The molecule has 2 atom stereocenters. The standard InChI is InChI=1S/C20H20N4O5/c1-11-14(8-21-18-7-19(26)22-24(11)18)20(27)23-5-4-13(15(25)9-23)12-2-3-16-17(6-12)29-10-28-16/h2-3,6-8,13,15,25H,4-5,9-10H2,1H3,(H,22,26)/t13-,15+/m0/s1. The highest BCUT2D eigenvalue weighted by Gasteiger charge is 2.33. The first-order valence-corrected chi connectivity index (χ1v) is 9.45. The minimum Gasteiger partial charge on any atom is -0.454 e. The van der Waals surface area contributed by atoms with Gasteiger partial charge in [0.15, 0.2) is 17.1 Å². The van der Waals surface area contributed by atoms with Gasteiger partial charge in [-0.3, -0.25) is 14.7 Å². The Balaban J connectivity index is 1.36. The van der Waals surface area contributed by atoms with Gasteiger partial charge in [-0.1, -0.05) is 6.07 Å². The lowest BCUT2D eigenvalue weighted by Gasteiger charge is -2.36. The Hall–Kier alpha value is -3.33.